The minimum absolute atomic E-state index is 0.0737. The van der Waals surface area contributed by atoms with Crippen molar-refractivity contribution in [3.63, 3.8) is 0 Å². The second kappa shape index (κ2) is 7.54. The third kappa shape index (κ3) is 4.00. The van der Waals surface area contributed by atoms with Gasteiger partial charge < -0.3 is 14.6 Å². The SMILES string of the molecule is Cc1ccc2oc(-c3ccc(C(=O)NCCN(C)C)cc3)cc(=O)c2c1. The number of nitrogens with zero attached hydrogens (tertiary/aromatic N) is 1. The van der Waals surface area contributed by atoms with E-state index >= 15 is 0 Å². The maximum atomic E-state index is 12.3. The van der Waals surface area contributed by atoms with Crippen LogP contribution in [0.15, 0.2) is 57.7 Å². The van der Waals surface area contributed by atoms with Crippen LogP contribution in [-0.2, 0) is 0 Å². The standard InChI is InChI=1S/C21H22N2O3/c1-14-4-9-19-17(12-14)18(24)13-20(26-19)15-5-7-16(8-6-15)21(25)22-10-11-23(2)3/h4-9,12-13H,10-11H2,1-3H3,(H,22,25). The molecule has 0 fully saturated rings. The number of carbonyl (C=O) groups excluding carboxylic acids is 1. The summed E-state index contributed by atoms with van der Waals surface area (Å²) in [6.45, 7) is 3.31. The summed E-state index contributed by atoms with van der Waals surface area (Å²) in [7, 11) is 3.92. The van der Waals surface area contributed by atoms with Gasteiger partial charge in [-0.25, -0.2) is 0 Å². The molecule has 1 heterocycles. The Morgan fingerprint density at radius 1 is 1.08 bits per heavy atom. The van der Waals surface area contributed by atoms with Crippen LogP contribution in [0.25, 0.3) is 22.3 Å². The van der Waals surface area contributed by atoms with Gasteiger partial charge in [-0.1, -0.05) is 23.8 Å². The molecule has 0 atom stereocenters. The van der Waals surface area contributed by atoms with E-state index < -0.39 is 0 Å². The predicted molar refractivity (Wildman–Crippen MR) is 104 cm³/mol. The van der Waals surface area contributed by atoms with Gasteiger partial charge in [0, 0.05) is 30.3 Å². The van der Waals surface area contributed by atoms with Crippen LogP contribution in [0.2, 0.25) is 0 Å². The molecule has 0 aliphatic carbocycles. The fourth-order valence-corrected chi connectivity index (χ4v) is 2.69. The van der Waals surface area contributed by atoms with E-state index in [1.165, 1.54) is 6.07 Å². The Bertz CT molecular complexity index is 988. The van der Waals surface area contributed by atoms with E-state index in [4.69, 9.17) is 4.42 Å². The van der Waals surface area contributed by atoms with Crippen LogP contribution >= 0.6 is 0 Å². The number of hydrogen-bond acceptors (Lipinski definition) is 4. The highest BCUT2D eigenvalue weighted by Crippen LogP contribution is 2.23. The zero-order valence-electron chi connectivity index (χ0n) is 15.2. The largest absolute Gasteiger partial charge is 0.456 e. The van der Waals surface area contributed by atoms with Crippen LogP contribution in [0, 0.1) is 6.92 Å². The first-order valence-corrected chi connectivity index (χ1v) is 8.52. The van der Waals surface area contributed by atoms with Crippen molar-refractivity contribution >= 4 is 16.9 Å². The maximum absolute atomic E-state index is 12.3. The Labute approximate surface area is 152 Å². The van der Waals surface area contributed by atoms with Gasteiger partial charge in [-0.05, 0) is 45.3 Å². The first-order valence-electron chi connectivity index (χ1n) is 8.52. The van der Waals surface area contributed by atoms with Crippen molar-refractivity contribution in [1.29, 1.82) is 0 Å². The van der Waals surface area contributed by atoms with E-state index in [1.54, 1.807) is 24.3 Å². The summed E-state index contributed by atoms with van der Waals surface area (Å²) in [6.07, 6.45) is 0. The molecule has 0 spiro atoms. The van der Waals surface area contributed by atoms with Crippen molar-refractivity contribution in [2.24, 2.45) is 0 Å². The van der Waals surface area contributed by atoms with Crippen LogP contribution in [0.1, 0.15) is 15.9 Å². The lowest BCUT2D eigenvalue weighted by Gasteiger charge is -2.10. The minimum atomic E-state index is -0.117. The van der Waals surface area contributed by atoms with Gasteiger partial charge in [0.15, 0.2) is 5.43 Å². The van der Waals surface area contributed by atoms with Crippen LogP contribution in [0.4, 0.5) is 0 Å². The molecular formula is C21H22N2O3. The molecule has 1 aromatic heterocycles. The zero-order chi connectivity index (χ0) is 18.7. The number of hydrogen-bond donors (Lipinski definition) is 1. The molecule has 0 bridgehead atoms. The lowest BCUT2D eigenvalue weighted by Crippen LogP contribution is -2.31. The third-order valence-electron chi connectivity index (χ3n) is 4.16. The molecule has 1 amide bonds. The van der Waals surface area contributed by atoms with Crippen LogP contribution in [-0.4, -0.2) is 38.0 Å². The molecule has 1 N–H and O–H groups in total. The van der Waals surface area contributed by atoms with Gasteiger partial charge in [0.2, 0.25) is 0 Å². The number of rotatable bonds is 5. The zero-order valence-corrected chi connectivity index (χ0v) is 15.2. The second-order valence-corrected chi connectivity index (χ2v) is 6.61. The van der Waals surface area contributed by atoms with E-state index in [0.717, 1.165) is 17.7 Å². The molecule has 0 unspecified atom stereocenters. The summed E-state index contributed by atoms with van der Waals surface area (Å²) in [5.41, 5.74) is 2.84. The van der Waals surface area contributed by atoms with Crippen molar-refractivity contribution in [1.82, 2.24) is 10.2 Å². The number of amides is 1. The van der Waals surface area contributed by atoms with Gasteiger partial charge in [0.25, 0.3) is 5.91 Å². The Kier molecular flexibility index (Phi) is 5.19. The predicted octanol–water partition coefficient (Wildman–Crippen LogP) is 3.06. The fraction of sp³-hybridized carbons (Fsp3) is 0.238. The monoisotopic (exact) mass is 350 g/mol. The molecule has 0 aliphatic heterocycles. The highest BCUT2D eigenvalue weighted by Gasteiger charge is 2.09. The Hall–Kier alpha value is -2.92. The maximum Gasteiger partial charge on any atom is 0.251 e. The Morgan fingerprint density at radius 3 is 2.50 bits per heavy atom. The van der Waals surface area contributed by atoms with Crippen molar-refractivity contribution in [2.75, 3.05) is 27.2 Å². The number of carbonyl (C=O) groups is 1. The summed E-state index contributed by atoms with van der Waals surface area (Å²) in [5.74, 6) is 0.375. The number of likely N-dealkylation sites (N-methyl/N-ethyl adjacent to an activating group) is 1. The van der Waals surface area contributed by atoms with Crippen molar-refractivity contribution < 1.29 is 9.21 Å². The average Bonchev–Trinajstić information content (AvgIpc) is 2.62. The first-order chi connectivity index (χ1) is 12.4. The fourth-order valence-electron chi connectivity index (χ4n) is 2.69. The topological polar surface area (TPSA) is 62.6 Å². The van der Waals surface area contributed by atoms with E-state index in [1.807, 2.05) is 44.1 Å². The molecule has 5 nitrogen and oxygen atoms in total. The molecule has 3 rings (SSSR count). The van der Waals surface area contributed by atoms with E-state index in [2.05, 4.69) is 5.32 Å². The first kappa shape index (κ1) is 17.9. The summed E-state index contributed by atoms with van der Waals surface area (Å²) >= 11 is 0. The van der Waals surface area contributed by atoms with Gasteiger partial charge in [-0.15, -0.1) is 0 Å². The molecule has 134 valence electrons. The number of benzene rings is 2. The molecule has 0 saturated carbocycles. The molecule has 0 saturated heterocycles. The summed E-state index contributed by atoms with van der Waals surface area (Å²) in [6, 6.07) is 14.1. The molecule has 26 heavy (non-hydrogen) atoms. The molecular weight excluding hydrogens is 328 g/mol. The average molecular weight is 350 g/mol. The highest BCUT2D eigenvalue weighted by molar-refractivity contribution is 5.94. The van der Waals surface area contributed by atoms with Crippen LogP contribution in [0.5, 0.6) is 0 Å². The van der Waals surface area contributed by atoms with Crippen molar-refractivity contribution in [3.05, 3.63) is 69.9 Å². The summed E-state index contributed by atoms with van der Waals surface area (Å²) < 4.78 is 5.87. The van der Waals surface area contributed by atoms with Crippen molar-refractivity contribution in [3.8, 4) is 11.3 Å². The summed E-state index contributed by atoms with van der Waals surface area (Å²) in [4.78, 5) is 26.5. The minimum Gasteiger partial charge on any atom is -0.456 e. The van der Waals surface area contributed by atoms with Gasteiger partial charge in [-0.2, -0.15) is 0 Å². The molecule has 3 aromatic rings. The molecule has 0 radical (unpaired) electrons. The van der Waals surface area contributed by atoms with E-state index in [-0.39, 0.29) is 11.3 Å². The van der Waals surface area contributed by atoms with Gasteiger partial charge in [0.1, 0.15) is 11.3 Å². The Balaban J connectivity index is 1.82. The molecule has 2 aromatic carbocycles. The lowest BCUT2D eigenvalue weighted by atomic mass is 10.1. The molecule has 0 aliphatic rings. The Morgan fingerprint density at radius 2 is 1.81 bits per heavy atom. The van der Waals surface area contributed by atoms with Gasteiger partial charge in [-0.3, -0.25) is 9.59 Å². The van der Waals surface area contributed by atoms with Crippen LogP contribution < -0.4 is 10.7 Å². The number of aryl methyl sites for hydroxylation is 1. The number of nitrogens with one attached hydrogen (secondary N) is 1. The third-order valence-corrected chi connectivity index (χ3v) is 4.16. The van der Waals surface area contributed by atoms with E-state index in [0.29, 0.717) is 28.8 Å². The lowest BCUT2D eigenvalue weighted by molar-refractivity contribution is 0.0951. The molecule has 5 heteroatoms. The van der Waals surface area contributed by atoms with E-state index in [9.17, 15) is 9.59 Å². The second-order valence-electron chi connectivity index (χ2n) is 6.61. The van der Waals surface area contributed by atoms with Gasteiger partial charge in [0.05, 0.1) is 5.39 Å². The van der Waals surface area contributed by atoms with Gasteiger partial charge >= 0.3 is 0 Å². The quantitative estimate of drug-likeness (QED) is 0.768. The van der Waals surface area contributed by atoms with Crippen LogP contribution in [0.3, 0.4) is 0 Å². The van der Waals surface area contributed by atoms with Crippen molar-refractivity contribution in [2.45, 2.75) is 6.92 Å². The number of fused-ring (bicyclic) bond motifs is 1. The highest BCUT2D eigenvalue weighted by atomic mass is 16.3. The summed E-state index contributed by atoms with van der Waals surface area (Å²) in [5, 5.41) is 3.45. The normalized spacial score (nSPS) is 11.1. The smallest absolute Gasteiger partial charge is 0.251 e.